The Balaban J connectivity index is 2.55. The molecule has 1 aromatic carbocycles. The van der Waals surface area contributed by atoms with E-state index in [1.54, 1.807) is 13.0 Å². The SMILES string of the molecule is Cc1cc(NCCCS(N)(=O)=O)c(N)cc1F. The highest BCUT2D eigenvalue weighted by molar-refractivity contribution is 7.89. The summed E-state index contributed by atoms with van der Waals surface area (Å²) in [6.45, 7) is 2.04. The molecule has 1 aromatic rings. The van der Waals surface area contributed by atoms with Crippen LogP contribution in [0.25, 0.3) is 0 Å². The summed E-state index contributed by atoms with van der Waals surface area (Å²) in [5, 5.41) is 7.80. The van der Waals surface area contributed by atoms with Crippen LogP contribution in [0.15, 0.2) is 12.1 Å². The molecule has 0 radical (unpaired) electrons. The van der Waals surface area contributed by atoms with Gasteiger partial charge in [-0.2, -0.15) is 0 Å². The van der Waals surface area contributed by atoms with Gasteiger partial charge < -0.3 is 11.1 Å². The summed E-state index contributed by atoms with van der Waals surface area (Å²) in [7, 11) is -3.43. The minimum atomic E-state index is -3.43. The first-order valence-electron chi connectivity index (χ1n) is 5.09. The van der Waals surface area contributed by atoms with E-state index in [9.17, 15) is 12.8 Å². The summed E-state index contributed by atoms with van der Waals surface area (Å²) >= 11 is 0. The van der Waals surface area contributed by atoms with Crippen molar-refractivity contribution in [2.75, 3.05) is 23.3 Å². The van der Waals surface area contributed by atoms with Gasteiger partial charge in [-0.15, -0.1) is 0 Å². The number of nitrogens with one attached hydrogen (secondary N) is 1. The molecule has 0 fully saturated rings. The lowest BCUT2D eigenvalue weighted by atomic mass is 10.2. The normalized spacial score (nSPS) is 11.5. The zero-order chi connectivity index (χ0) is 13.1. The highest BCUT2D eigenvalue weighted by Crippen LogP contribution is 2.22. The Morgan fingerprint density at radius 3 is 2.65 bits per heavy atom. The van der Waals surface area contributed by atoms with Crippen LogP contribution in [0.5, 0.6) is 0 Å². The molecule has 0 amide bonds. The molecule has 5 nitrogen and oxygen atoms in total. The highest BCUT2D eigenvalue weighted by atomic mass is 32.2. The molecule has 5 N–H and O–H groups in total. The molecular formula is C10H16FN3O2S. The number of anilines is 2. The van der Waals surface area contributed by atoms with Gasteiger partial charge in [0, 0.05) is 6.54 Å². The average molecular weight is 261 g/mol. The topological polar surface area (TPSA) is 98.2 Å². The maximum absolute atomic E-state index is 13.1. The summed E-state index contributed by atoms with van der Waals surface area (Å²) in [4.78, 5) is 0. The van der Waals surface area contributed by atoms with Gasteiger partial charge in [0.15, 0.2) is 0 Å². The van der Waals surface area contributed by atoms with Crippen molar-refractivity contribution in [2.24, 2.45) is 5.14 Å². The number of nitrogen functional groups attached to an aromatic ring is 1. The third kappa shape index (κ3) is 4.58. The maximum atomic E-state index is 13.1. The van der Waals surface area contributed by atoms with Crippen LogP contribution >= 0.6 is 0 Å². The van der Waals surface area contributed by atoms with E-state index in [2.05, 4.69) is 5.32 Å². The van der Waals surface area contributed by atoms with Gasteiger partial charge in [-0.25, -0.2) is 17.9 Å². The molecule has 96 valence electrons. The van der Waals surface area contributed by atoms with Crippen molar-refractivity contribution in [3.8, 4) is 0 Å². The van der Waals surface area contributed by atoms with Gasteiger partial charge in [0.05, 0.1) is 17.1 Å². The fourth-order valence-corrected chi connectivity index (χ4v) is 1.89. The summed E-state index contributed by atoms with van der Waals surface area (Å²) in [6.07, 6.45) is 0.370. The van der Waals surface area contributed by atoms with Gasteiger partial charge in [-0.05, 0) is 31.0 Å². The minimum absolute atomic E-state index is 0.0971. The Labute approximate surface area is 100 Å². The lowest BCUT2D eigenvalue weighted by Gasteiger charge is -2.10. The van der Waals surface area contributed by atoms with E-state index in [1.807, 2.05) is 0 Å². The zero-order valence-corrected chi connectivity index (χ0v) is 10.3. The number of aryl methyl sites for hydroxylation is 1. The highest BCUT2D eigenvalue weighted by Gasteiger charge is 2.05. The molecule has 0 heterocycles. The number of hydrogen-bond acceptors (Lipinski definition) is 4. The molecular weight excluding hydrogens is 245 g/mol. The van der Waals surface area contributed by atoms with Gasteiger partial charge in [0.1, 0.15) is 5.82 Å². The van der Waals surface area contributed by atoms with Crippen LogP contribution in [0.1, 0.15) is 12.0 Å². The third-order valence-electron chi connectivity index (χ3n) is 2.25. The average Bonchev–Trinajstić information content (AvgIpc) is 2.18. The van der Waals surface area contributed by atoms with Crippen molar-refractivity contribution in [1.29, 1.82) is 0 Å². The van der Waals surface area contributed by atoms with Crippen molar-refractivity contribution in [3.63, 3.8) is 0 Å². The Morgan fingerprint density at radius 1 is 1.41 bits per heavy atom. The molecule has 0 spiro atoms. The van der Waals surface area contributed by atoms with E-state index in [0.29, 0.717) is 29.9 Å². The maximum Gasteiger partial charge on any atom is 0.209 e. The Hall–Kier alpha value is -1.34. The van der Waals surface area contributed by atoms with Crippen LogP contribution < -0.4 is 16.2 Å². The largest absolute Gasteiger partial charge is 0.397 e. The van der Waals surface area contributed by atoms with E-state index >= 15 is 0 Å². The second kappa shape index (κ2) is 5.33. The van der Waals surface area contributed by atoms with Gasteiger partial charge in [-0.1, -0.05) is 0 Å². The van der Waals surface area contributed by atoms with Crippen LogP contribution in [0.2, 0.25) is 0 Å². The van der Waals surface area contributed by atoms with Crippen molar-refractivity contribution in [2.45, 2.75) is 13.3 Å². The standard InChI is InChI=1S/C10H16FN3O2S/c1-7-5-10(9(12)6-8(7)11)14-3-2-4-17(13,15)16/h5-6,14H,2-4,12H2,1H3,(H2,13,15,16). The van der Waals surface area contributed by atoms with E-state index in [4.69, 9.17) is 10.9 Å². The molecule has 0 unspecified atom stereocenters. The van der Waals surface area contributed by atoms with Crippen LogP contribution in [-0.4, -0.2) is 20.7 Å². The van der Waals surface area contributed by atoms with E-state index < -0.39 is 10.0 Å². The number of sulfonamides is 1. The van der Waals surface area contributed by atoms with Crippen molar-refractivity contribution in [3.05, 3.63) is 23.5 Å². The minimum Gasteiger partial charge on any atom is -0.397 e. The Bertz CT molecular complexity index is 503. The van der Waals surface area contributed by atoms with Crippen LogP contribution in [0.4, 0.5) is 15.8 Å². The summed E-state index contributed by atoms with van der Waals surface area (Å²) in [6, 6.07) is 2.82. The second-order valence-electron chi connectivity index (χ2n) is 3.84. The fourth-order valence-electron chi connectivity index (χ4n) is 1.35. The Morgan fingerprint density at radius 2 is 2.06 bits per heavy atom. The molecule has 7 heteroatoms. The molecule has 0 aliphatic rings. The number of hydrogen-bond donors (Lipinski definition) is 3. The van der Waals surface area contributed by atoms with Crippen molar-refractivity contribution < 1.29 is 12.8 Å². The quantitative estimate of drug-likeness (QED) is 0.539. The molecule has 0 atom stereocenters. The molecule has 17 heavy (non-hydrogen) atoms. The first-order chi connectivity index (χ1) is 7.79. The molecule has 0 saturated carbocycles. The first kappa shape index (κ1) is 13.7. The van der Waals surface area contributed by atoms with Crippen LogP contribution in [-0.2, 0) is 10.0 Å². The van der Waals surface area contributed by atoms with Gasteiger partial charge in [-0.3, -0.25) is 0 Å². The lowest BCUT2D eigenvalue weighted by Crippen LogP contribution is -2.18. The van der Waals surface area contributed by atoms with Crippen LogP contribution in [0, 0.1) is 12.7 Å². The molecule has 0 aromatic heterocycles. The molecule has 0 bridgehead atoms. The summed E-state index contributed by atoms with van der Waals surface area (Å²) < 4.78 is 34.5. The first-order valence-corrected chi connectivity index (χ1v) is 6.81. The van der Waals surface area contributed by atoms with Crippen molar-refractivity contribution >= 4 is 21.4 Å². The van der Waals surface area contributed by atoms with Gasteiger partial charge in [0.2, 0.25) is 10.0 Å². The number of halogens is 1. The molecule has 0 saturated heterocycles. The number of nitrogens with two attached hydrogens (primary N) is 2. The Kier molecular flexibility index (Phi) is 4.30. The van der Waals surface area contributed by atoms with Crippen molar-refractivity contribution in [1.82, 2.24) is 0 Å². The third-order valence-corrected chi connectivity index (χ3v) is 3.11. The molecule has 1 rings (SSSR count). The smallest absolute Gasteiger partial charge is 0.209 e. The van der Waals surface area contributed by atoms with Crippen LogP contribution in [0.3, 0.4) is 0 Å². The molecule has 0 aliphatic carbocycles. The molecule has 0 aliphatic heterocycles. The number of benzene rings is 1. The predicted octanol–water partition coefficient (Wildman–Crippen LogP) is 0.807. The number of primary sulfonamides is 1. The predicted molar refractivity (Wildman–Crippen MR) is 66.6 cm³/mol. The van der Waals surface area contributed by atoms with E-state index in [1.165, 1.54) is 6.07 Å². The number of rotatable bonds is 5. The van der Waals surface area contributed by atoms with E-state index in [0.717, 1.165) is 0 Å². The summed E-state index contributed by atoms with van der Waals surface area (Å²) in [5.74, 6) is -0.460. The van der Waals surface area contributed by atoms with Gasteiger partial charge >= 0.3 is 0 Å². The van der Waals surface area contributed by atoms with E-state index in [-0.39, 0.29) is 11.6 Å². The monoisotopic (exact) mass is 261 g/mol. The fraction of sp³-hybridized carbons (Fsp3) is 0.400. The summed E-state index contributed by atoms with van der Waals surface area (Å²) in [5.41, 5.74) is 6.98. The zero-order valence-electron chi connectivity index (χ0n) is 9.53. The second-order valence-corrected chi connectivity index (χ2v) is 5.57. The van der Waals surface area contributed by atoms with Gasteiger partial charge in [0.25, 0.3) is 0 Å². The lowest BCUT2D eigenvalue weighted by molar-refractivity contribution is 0.596.